The molecule has 51 heavy (non-hydrogen) atoms. The maximum Gasteiger partial charge on any atom is 0.433 e. The monoisotopic (exact) mass is 777 g/mol. The minimum absolute atomic E-state index is 0.0500. The SMILES string of the molecule is CCOC(=O)C1(C)CCC(n2ncc(C(=O)NC3(CC(O[Si](CC)(CC)CC)c4c(Cl)cc(F)cc4Cl)CCC(C)(C)CC3)c2C(F)(F)F)CC1. The summed E-state index contributed by atoms with van der Waals surface area (Å²) >= 11 is 13.3. The lowest BCUT2D eigenvalue weighted by Gasteiger charge is -2.47. The molecule has 4 rings (SSSR count). The van der Waals surface area contributed by atoms with Gasteiger partial charge in [-0.2, -0.15) is 18.3 Å². The van der Waals surface area contributed by atoms with Crippen LogP contribution < -0.4 is 5.32 Å². The van der Waals surface area contributed by atoms with Crippen molar-refractivity contribution in [1.29, 1.82) is 0 Å². The number of ether oxygens (including phenoxy) is 1. The van der Waals surface area contributed by atoms with E-state index in [0.717, 1.165) is 29.0 Å². The molecule has 1 atom stereocenters. The molecule has 286 valence electrons. The Kier molecular flexibility index (Phi) is 13.1. The Morgan fingerprint density at radius 1 is 0.980 bits per heavy atom. The molecule has 2 aliphatic carbocycles. The minimum Gasteiger partial charge on any atom is -0.466 e. The van der Waals surface area contributed by atoms with Gasteiger partial charge in [-0.15, -0.1) is 0 Å². The third-order valence-electron chi connectivity index (χ3n) is 11.7. The maximum absolute atomic E-state index is 14.9. The second-order valence-corrected chi connectivity index (χ2v) is 21.1. The quantitative estimate of drug-likeness (QED) is 0.124. The Morgan fingerprint density at radius 3 is 2.02 bits per heavy atom. The summed E-state index contributed by atoms with van der Waals surface area (Å²) in [6.45, 7) is 14.2. The summed E-state index contributed by atoms with van der Waals surface area (Å²) in [7, 11) is -2.36. The van der Waals surface area contributed by atoms with Gasteiger partial charge in [-0.05, 0) is 107 Å². The van der Waals surface area contributed by atoms with Gasteiger partial charge in [0.15, 0.2) is 14.0 Å². The molecule has 1 aromatic heterocycles. The normalized spacial score (nSPS) is 22.7. The van der Waals surface area contributed by atoms with Gasteiger partial charge in [0.1, 0.15) is 5.82 Å². The molecule has 1 heterocycles. The van der Waals surface area contributed by atoms with E-state index >= 15 is 0 Å². The summed E-state index contributed by atoms with van der Waals surface area (Å²) in [6, 6.07) is 4.12. The number of rotatable bonds is 13. The Hall–Kier alpha value is -2.15. The first-order chi connectivity index (χ1) is 23.8. The summed E-state index contributed by atoms with van der Waals surface area (Å²) in [6.07, 6.45) is -0.831. The van der Waals surface area contributed by atoms with Gasteiger partial charge in [-0.1, -0.05) is 57.8 Å². The van der Waals surface area contributed by atoms with Crippen molar-refractivity contribution >= 4 is 43.4 Å². The molecule has 0 spiro atoms. The summed E-state index contributed by atoms with van der Waals surface area (Å²) in [5.41, 5.74) is -3.07. The van der Waals surface area contributed by atoms with Crippen molar-refractivity contribution in [2.24, 2.45) is 10.8 Å². The highest BCUT2D eigenvalue weighted by Gasteiger charge is 2.48. The average Bonchev–Trinajstić information content (AvgIpc) is 3.52. The van der Waals surface area contributed by atoms with E-state index in [-0.39, 0.29) is 47.3 Å². The van der Waals surface area contributed by atoms with Crippen LogP contribution in [-0.2, 0) is 20.1 Å². The zero-order chi connectivity index (χ0) is 38.0. The highest BCUT2D eigenvalue weighted by atomic mass is 35.5. The molecule has 1 amide bonds. The van der Waals surface area contributed by atoms with Gasteiger partial charge in [-0.25, -0.2) is 4.39 Å². The van der Waals surface area contributed by atoms with Crippen molar-refractivity contribution < 1.29 is 36.3 Å². The van der Waals surface area contributed by atoms with Crippen LogP contribution in [0.5, 0.6) is 0 Å². The molecule has 7 nitrogen and oxygen atoms in total. The molecule has 0 aliphatic heterocycles. The fraction of sp³-hybridized carbons (Fsp3) is 0.703. The van der Waals surface area contributed by atoms with Gasteiger partial charge >= 0.3 is 12.1 Å². The van der Waals surface area contributed by atoms with Crippen LogP contribution in [0.4, 0.5) is 17.6 Å². The van der Waals surface area contributed by atoms with Gasteiger partial charge in [0, 0.05) is 11.1 Å². The molecule has 2 saturated carbocycles. The molecule has 2 fully saturated rings. The lowest BCUT2D eigenvalue weighted by atomic mass is 9.67. The van der Waals surface area contributed by atoms with Gasteiger partial charge in [0.25, 0.3) is 5.91 Å². The van der Waals surface area contributed by atoms with Crippen molar-refractivity contribution in [2.75, 3.05) is 6.61 Å². The van der Waals surface area contributed by atoms with Gasteiger partial charge < -0.3 is 14.5 Å². The third kappa shape index (κ3) is 9.33. The average molecular weight is 779 g/mol. The molecule has 2 aromatic rings. The van der Waals surface area contributed by atoms with E-state index in [9.17, 15) is 27.2 Å². The number of alkyl halides is 3. The second kappa shape index (κ2) is 16.1. The number of carbonyl (C=O) groups is 2. The zero-order valence-corrected chi connectivity index (χ0v) is 33.4. The van der Waals surface area contributed by atoms with Crippen LogP contribution in [0.3, 0.4) is 0 Å². The number of carbonyl (C=O) groups excluding carboxylic acids is 2. The fourth-order valence-electron chi connectivity index (χ4n) is 7.90. The van der Waals surface area contributed by atoms with Gasteiger partial charge in [0.2, 0.25) is 0 Å². The van der Waals surface area contributed by atoms with Crippen molar-refractivity contribution in [3.8, 4) is 0 Å². The molecule has 1 N–H and O–H groups in total. The Labute approximate surface area is 310 Å². The van der Waals surface area contributed by atoms with E-state index in [2.05, 4.69) is 45.0 Å². The highest BCUT2D eigenvalue weighted by Crippen LogP contribution is 2.49. The predicted molar refractivity (Wildman–Crippen MR) is 194 cm³/mol. The Balaban J connectivity index is 1.73. The number of nitrogens with zero attached hydrogens (tertiary/aromatic N) is 2. The van der Waals surface area contributed by atoms with Gasteiger partial charge in [0.05, 0.1) is 46.0 Å². The van der Waals surface area contributed by atoms with Crippen LogP contribution >= 0.6 is 23.2 Å². The third-order valence-corrected chi connectivity index (χ3v) is 17.0. The predicted octanol–water partition coefficient (Wildman–Crippen LogP) is 11.3. The number of esters is 1. The van der Waals surface area contributed by atoms with Crippen LogP contribution in [0, 0.1) is 16.6 Å². The first-order valence-electron chi connectivity index (χ1n) is 18.2. The van der Waals surface area contributed by atoms with Crippen LogP contribution in [0.1, 0.15) is 140 Å². The lowest BCUT2D eigenvalue weighted by Crippen LogP contribution is -2.53. The molecule has 1 unspecified atom stereocenters. The van der Waals surface area contributed by atoms with E-state index in [1.165, 1.54) is 12.1 Å². The molecule has 1 aromatic carbocycles. The number of amides is 1. The van der Waals surface area contributed by atoms with Crippen LogP contribution in [-0.4, -0.2) is 42.1 Å². The van der Waals surface area contributed by atoms with E-state index in [4.69, 9.17) is 32.4 Å². The summed E-state index contributed by atoms with van der Waals surface area (Å²) in [4.78, 5) is 26.8. The van der Waals surface area contributed by atoms with Gasteiger partial charge in [-0.3, -0.25) is 14.3 Å². The number of benzene rings is 1. The number of hydrogen-bond donors (Lipinski definition) is 1. The second-order valence-electron chi connectivity index (χ2n) is 15.6. The van der Waals surface area contributed by atoms with E-state index in [1.807, 2.05) is 0 Å². The number of halogens is 6. The van der Waals surface area contributed by atoms with Crippen LogP contribution in [0.15, 0.2) is 18.3 Å². The molecule has 14 heteroatoms. The number of hydrogen-bond acceptors (Lipinski definition) is 5. The van der Waals surface area contributed by atoms with Crippen LogP contribution in [0.2, 0.25) is 28.2 Å². The molecular weight excluding hydrogens is 725 g/mol. The smallest absolute Gasteiger partial charge is 0.433 e. The van der Waals surface area contributed by atoms with E-state index in [1.54, 1.807) is 13.8 Å². The largest absolute Gasteiger partial charge is 0.466 e. The first kappa shape index (κ1) is 41.6. The van der Waals surface area contributed by atoms with Crippen molar-refractivity contribution in [3.05, 3.63) is 51.0 Å². The van der Waals surface area contributed by atoms with Crippen molar-refractivity contribution in [1.82, 2.24) is 15.1 Å². The highest BCUT2D eigenvalue weighted by molar-refractivity contribution is 6.73. The summed E-state index contributed by atoms with van der Waals surface area (Å²) in [5.74, 6) is -1.83. The Bertz CT molecular complexity index is 1510. The maximum atomic E-state index is 14.9. The topological polar surface area (TPSA) is 82.5 Å². The summed E-state index contributed by atoms with van der Waals surface area (Å²) < 4.78 is 72.2. The molecule has 0 radical (unpaired) electrons. The van der Waals surface area contributed by atoms with Crippen molar-refractivity contribution in [2.45, 2.75) is 148 Å². The molecule has 0 bridgehead atoms. The van der Waals surface area contributed by atoms with E-state index < -0.39 is 60.6 Å². The fourth-order valence-corrected chi connectivity index (χ4v) is 11.4. The summed E-state index contributed by atoms with van der Waals surface area (Å²) in [5, 5.41) is 7.41. The molecular formula is C37H53Cl2F4N3O4Si. The first-order valence-corrected chi connectivity index (χ1v) is 21.5. The van der Waals surface area contributed by atoms with Crippen molar-refractivity contribution in [3.63, 3.8) is 0 Å². The molecule has 0 saturated heterocycles. The minimum atomic E-state index is -4.87. The Morgan fingerprint density at radius 2 is 1.53 bits per heavy atom. The van der Waals surface area contributed by atoms with Crippen LogP contribution in [0.25, 0.3) is 0 Å². The molecule has 2 aliphatic rings. The lowest BCUT2D eigenvalue weighted by molar-refractivity contribution is -0.157. The number of nitrogens with one attached hydrogen (secondary N) is 1. The standard InChI is InChI=1S/C37H53Cl2F4N3O4Si/c1-8-49-33(48)35(7)14-12-25(13-15-35)46-31(37(41,42)43)26(23-44-46)32(47)45-36(18-16-34(5,6)17-19-36)22-29(50-51(9-2,10-3)11-4)30-27(38)20-24(40)21-28(30)39/h20-21,23,25,29H,8-19,22H2,1-7H3,(H,45,47). The number of aromatic nitrogens is 2. The zero-order valence-electron chi connectivity index (χ0n) is 30.9. The van der Waals surface area contributed by atoms with E-state index in [0.29, 0.717) is 44.1 Å².